The lowest BCUT2D eigenvalue weighted by atomic mass is 10.1. The van der Waals surface area contributed by atoms with Crippen molar-refractivity contribution in [1.29, 1.82) is 0 Å². The van der Waals surface area contributed by atoms with Crippen LogP contribution in [0.1, 0.15) is 30.9 Å². The maximum Gasteiger partial charge on any atom is 0.243 e. The summed E-state index contributed by atoms with van der Waals surface area (Å²) in [4.78, 5) is 16.1. The van der Waals surface area contributed by atoms with Gasteiger partial charge in [-0.2, -0.15) is 4.31 Å². The Balaban J connectivity index is 1.46. The van der Waals surface area contributed by atoms with E-state index >= 15 is 0 Å². The van der Waals surface area contributed by atoms with Gasteiger partial charge in [0.05, 0.1) is 17.1 Å². The van der Waals surface area contributed by atoms with E-state index < -0.39 is 10.0 Å². The first-order valence-electron chi connectivity index (χ1n) is 9.83. The topological polar surface area (TPSA) is 87.0 Å². The molecule has 1 aromatic heterocycles. The molecule has 0 radical (unpaired) electrons. The summed E-state index contributed by atoms with van der Waals surface area (Å²) in [5.41, 5.74) is 2.57. The van der Waals surface area contributed by atoms with Crippen molar-refractivity contribution < 1.29 is 17.7 Å². The van der Waals surface area contributed by atoms with E-state index in [9.17, 15) is 13.2 Å². The van der Waals surface area contributed by atoms with Crippen LogP contribution in [0.25, 0.3) is 0 Å². The molecule has 2 aromatic rings. The SMILES string of the molecule is CC(=O)N1c2ccc(S(=O)(=O)N3CCN(Cc4cc(C)no4)CC3)cc2CC1C. The minimum Gasteiger partial charge on any atom is -0.360 e. The van der Waals surface area contributed by atoms with Crippen molar-refractivity contribution >= 4 is 21.6 Å². The van der Waals surface area contributed by atoms with Gasteiger partial charge in [-0.3, -0.25) is 9.69 Å². The zero-order valence-corrected chi connectivity index (χ0v) is 17.8. The number of piperazine rings is 1. The van der Waals surface area contributed by atoms with Crippen molar-refractivity contribution in [3.05, 3.63) is 41.3 Å². The molecule has 0 aliphatic carbocycles. The molecule has 29 heavy (non-hydrogen) atoms. The van der Waals surface area contributed by atoms with Crippen LogP contribution in [-0.2, 0) is 27.8 Å². The zero-order chi connectivity index (χ0) is 20.8. The zero-order valence-electron chi connectivity index (χ0n) is 17.0. The number of hydrogen-bond donors (Lipinski definition) is 0. The minimum absolute atomic E-state index is 0.0232. The molecule has 0 bridgehead atoms. The van der Waals surface area contributed by atoms with Gasteiger partial charge >= 0.3 is 0 Å². The number of nitrogens with zero attached hydrogens (tertiary/aromatic N) is 4. The fourth-order valence-corrected chi connectivity index (χ4v) is 5.71. The molecule has 2 aliphatic heterocycles. The summed E-state index contributed by atoms with van der Waals surface area (Å²) in [5, 5.41) is 3.89. The average molecular weight is 419 g/mol. The summed E-state index contributed by atoms with van der Waals surface area (Å²) in [6.07, 6.45) is 0.669. The Morgan fingerprint density at radius 3 is 2.55 bits per heavy atom. The van der Waals surface area contributed by atoms with E-state index in [1.54, 1.807) is 23.1 Å². The van der Waals surface area contributed by atoms with E-state index in [4.69, 9.17) is 4.52 Å². The van der Waals surface area contributed by atoms with Crippen molar-refractivity contribution in [2.45, 2.75) is 44.7 Å². The van der Waals surface area contributed by atoms with Gasteiger partial charge in [0, 0.05) is 50.9 Å². The van der Waals surface area contributed by atoms with Gasteiger partial charge in [-0.05, 0) is 44.0 Å². The number of aryl methyl sites for hydroxylation is 1. The number of aromatic nitrogens is 1. The fraction of sp³-hybridized carbons (Fsp3) is 0.500. The van der Waals surface area contributed by atoms with Crippen LogP contribution in [0.3, 0.4) is 0 Å². The lowest BCUT2D eigenvalue weighted by Gasteiger charge is -2.33. The van der Waals surface area contributed by atoms with E-state index in [-0.39, 0.29) is 11.9 Å². The third kappa shape index (κ3) is 3.82. The first kappa shape index (κ1) is 20.1. The Labute approximate surface area is 171 Å². The second-order valence-corrected chi connectivity index (χ2v) is 9.79. The number of sulfonamides is 1. The highest BCUT2D eigenvalue weighted by Crippen LogP contribution is 2.34. The van der Waals surface area contributed by atoms with Gasteiger partial charge in [0.25, 0.3) is 0 Å². The standard InChI is InChI=1S/C20H26N4O4S/c1-14-10-18(28-21-14)13-22-6-8-23(9-7-22)29(26,27)19-4-5-20-17(12-19)11-15(2)24(20)16(3)25/h4-5,10,12,15H,6-9,11,13H2,1-3H3. The van der Waals surface area contributed by atoms with Crippen molar-refractivity contribution in [3.63, 3.8) is 0 Å². The molecule has 156 valence electrons. The van der Waals surface area contributed by atoms with Crippen LogP contribution >= 0.6 is 0 Å². The number of amides is 1. The number of benzene rings is 1. The summed E-state index contributed by atoms with van der Waals surface area (Å²) in [5.74, 6) is 0.770. The van der Waals surface area contributed by atoms with Gasteiger partial charge in [0.1, 0.15) is 0 Å². The molecule has 1 atom stereocenters. The normalized spacial score (nSPS) is 20.8. The van der Waals surface area contributed by atoms with E-state index in [1.807, 2.05) is 19.9 Å². The monoisotopic (exact) mass is 418 g/mol. The largest absolute Gasteiger partial charge is 0.360 e. The maximum atomic E-state index is 13.2. The third-order valence-electron chi connectivity index (χ3n) is 5.63. The summed E-state index contributed by atoms with van der Waals surface area (Å²) >= 11 is 0. The highest BCUT2D eigenvalue weighted by molar-refractivity contribution is 7.89. The number of fused-ring (bicyclic) bond motifs is 1. The molecular formula is C20H26N4O4S. The lowest BCUT2D eigenvalue weighted by Crippen LogP contribution is -2.48. The summed E-state index contributed by atoms with van der Waals surface area (Å²) in [6.45, 7) is 8.17. The molecular weight excluding hydrogens is 392 g/mol. The van der Waals surface area contributed by atoms with Crippen molar-refractivity contribution in [1.82, 2.24) is 14.4 Å². The second-order valence-electron chi connectivity index (χ2n) is 7.85. The Hall–Kier alpha value is -2.23. The summed E-state index contributed by atoms with van der Waals surface area (Å²) in [6, 6.07) is 7.05. The van der Waals surface area contributed by atoms with Crippen molar-refractivity contribution in [2.75, 3.05) is 31.1 Å². The molecule has 1 saturated heterocycles. The molecule has 2 aliphatic rings. The second kappa shape index (κ2) is 7.55. The van der Waals surface area contributed by atoms with Crippen molar-refractivity contribution in [3.8, 4) is 0 Å². The first-order valence-corrected chi connectivity index (χ1v) is 11.3. The van der Waals surface area contributed by atoms with Gasteiger partial charge in [0.15, 0.2) is 5.76 Å². The molecule has 9 heteroatoms. The smallest absolute Gasteiger partial charge is 0.243 e. The summed E-state index contributed by atoms with van der Waals surface area (Å²) < 4.78 is 33.1. The van der Waals surface area contributed by atoms with Gasteiger partial charge in [0.2, 0.25) is 15.9 Å². The maximum absolute atomic E-state index is 13.2. The third-order valence-corrected chi connectivity index (χ3v) is 7.53. The van der Waals surface area contributed by atoms with E-state index in [2.05, 4.69) is 10.1 Å². The fourth-order valence-electron chi connectivity index (χ4n) is 4.24. The van der Waals surface area contributed by atoms with Gasteiger partial charge < -0.3 is 9.42 Å². The molecule has 0 spiro atoms. The quantitative estimate of drug-likeness (QED) is 0.752. The molecule has 1 unspecified atom stereocenters. The van der Waals surface area contributed by atoms with Crippen LogP contribution in [0.5, 0.6) is 0 Å². The number of hydrogen-bond acceptors (Lipinski definition) is 6. The number of rotatable bonds is 4. The first-order chi connectivity index (χ1) is 13.8. The van der Waals surface area contributed by atoms with E-state index in [0.717, 1.165) is 22.7 Å². The van der Waals surface area contributed by atoms with Crippen LogP contribution < -0.4 is 4.90 Å². The predicted octanol–water partition coefficient (Wildman–Crippen LogP) is 1.79. The minimum atomic E-state index is -3.56. The van der Waals surface area contributed by atoms with Crippen LogP contribution in [0.15, 0.2) is 33.7 Å². The predicted molar refractivity (Wildman–Crippen MR) is 108 cm³/mol. The van der Waals surface area contributed by atoms with Crippen LogP contribution in [0, 0.1) is 6.92 Å². The molecule has 1 aromatic carbocycles. The molecule has 1 amide bonds. The van der Waals surface area contributed by atoms with Crippen LogP contribution in [0.2, 0.25) is 0 Å². The molecule has 4 rings (SSSR count). The number of anilines is 1. The van der Waals surface area contributed by atoms with E-state index in [0.29, 0.717) is 44.0 Å². The lowest BCUT2D eigenvalue weighted by molar-refractivity contribution is -0.116. The van der Waals surface area contributed by atoms with Gasteiger partial charge in [-0.25, -0.2) is 8.42 Å². The van der Waals surface area contributed by atoms with E-state index in [1.165, 1.54) is 11.2 Å². The van der Waals surface area contributed by atoms with Crippen LogP contribution in [-0.4, -0.2) is 60.9 Å². The molecule has 0 N–H and O–H groups in total. The Morgan fingerprint density at radius 1 is 1.21 bits per heavy atom. The Morgan fingerprint density at radius 2 is 1.93 bits per heavy atom. The van der Waals surface area contributed by atoms with Crippen LogP contribution in [0.4, 0.5) is 5.69 Å². The highest BCUT2D eigenvalue weighted by Gasteiger charge is 2.33. The Kier molecular flexibility index (Phi) is 5.22. The number of carbonyl (C=O) groups is 1. The Bertz CT molecular complexity index is 1020. The highest BCUT2D eigenvalue weighted by atomic mass is 32.2. The molecule has 3 heterocycles. The van der Waals surface area contributed by atoms with Crippen molar-refractivity contribution in [2.24, 2.45) is 0 Å². The number of carbonyl (C=O) groups excluding carboxylic acids is 1. The summed E-state index contributed by atoms with van der Waals surface area (Å²) in [7, 11) is -3.56. The molecule has 0 saturated carbocycles. The molecule has 8 nitrogen and oxygen atoms in total. The van der Waals surface area contributed by atoms with Gasteiger partial charge in [-0.15, -0.1) is 0 Å². The van der Waals surface area contributed by atoms with Gasteiger partial charge in [-0.1, -0.05) is 5.16 Å². The average Bonchev–Trinajstić information content (AvgIpc) is 3.23. The molecule has 1 fully saturated rings.